The maximum Gasteiger partial charge on any atom is 0.416 e. The fraction of sp³-hybridized carbons (Fsp3) is 0.619. The standard InChI is InChI=1S/C21H30F3N5O2.HI/c1-2-25-20(29-10-7-18(15-29)28-11-13-31-14-12-28)27-9-8-26-19(30)16-3-5-17(6-4-16)21(22,23)24;/h3-6,18H,2,7-15H2,1H3,(H,25,27)(H,26,30);1H. The van der Waals surface area contributed by atoms with Gasteiger partial charge in [-0.3, -0.25) is 14.7 Å². The van der Waals surface area contributed by atoms with E-state index in [0.717, 1.165) is 70.5 Å². The Morgan fingerprint density at radius 3 is 2.47 bits per heavy atom. The first-order valence-electron chi connectivity index (χ1n) is 10.7. The van der Waals surface area contributed by atoms with Crippen LogP contribution in [0.5, 0.6) is 0 Å². The average molecular weight is 569 g/mol. The molecule has 2 aliphatic heterocycles. The van der Waals surface area contributed by atoms with Crippen molar-refractivity contribution in [1.29, 1.82) is 0 Å². The minimum absolute atomic E-state index is 0. The normalized spacial score (nSPS) is 20.1. The second-order valence-corrected chi connectivity index (χ2v) is 7.60. The van der Waals surface area contributed by atoms with Crippen LogP contribution in [0.1, 0.15) is 29.3 Å². The Morgan fingerprint density at radius 2 is 1.84 bits per heavy atom. The molecule has 1 unspecified atom stereocenters. The summed E-state index contributed by atoms with van der Waals surface area (Å²) in [6.45, 7) is 8.75. The molecule has 0 spiro atoms. The number of hydrogen-bond donors (Lipinski definition) is 2. The van der Waals surface area contributed by atoms with E-state index in [1.54, 1.807) is 0 Å². The van der Waals surface area contributed by atoms with Gasteiger partial charge in [-0.05, 0) is 37.6 Å². The zero-order valence-electron chi connectivity index (χ0n) is 18.2. The van der Waals surface area contributed by atoms with Crippen molar-refractivity contribution >= 4 is 35.8 Å². The van der Waals surface area contributed by atoms with Crippen LogP contribution in [0, 0.1) is 0 Å². The molecule has 180 valence electrons. The number of guanidine groups is 1. The average Bonchev–Trinajstić information content (AvgIpc) is 3.26. The molecule has 32 heavy (non-hydrogen) atoms. The molecule has 1 aromatic rings. The van der Waals surface area contributed by atoms with Crippen LogP contribution in [0.4, 0.5) is 13.2 Å². The molecule has 11 heteroatoms. The highest BCUT2D eigenvalue weighted by atomic mass is 127. The second kappa shape index (κ2) is 12.6. The number of nitrogens with zero attached hydrogens (tertiary/aromatic N) is 3. The lowest BCUT2D eigenvalue weighted by molar-refractivity contribution is -0.137. The van der Waals surface area contributed by atoms with Crippen molar-refractivity contribution in [3.63, 3.8) is 0 Å². The maximum absolute atomic E-state index is 12.6. The summed E-state index contributed by atoms with van der Waals surface area (Å²) >= 11 is 0. The maximum atomic E-state index is 12.6. The van der Waals surface area contributed by atoms with Gasteiger partial charge in [-0.15, -0.1) is 24.0 Å². The Hall–Kier alpha value is -1.60. The summed E-state index contributed by atoms with van der Waals surface area (Å²) in [6.07, 6.45) is -3.34. The monoisotopic (exact) mass is 569 g/mol. The smallest absolute Gasteiger partial charge is 0.379 e. The van der Waals surface area contributed by atoms with Crippen molar-refractivity contribution in [1.82, 2.24) is 20.4 Å². The summed E-state index contributed by atoms with van der Waals surface area (Å²) < 4.78 is 43.3. The topological polar surface area (TPSA) is 69.2 Å². The molecule has 2 fully saturated rings. The van der Waals surface area contributed by atoms with Crippen LogP contribution in [-0.2, 0) is 10.9 Å². The molecule has 3 rings (SSSR count). The number of amides is 1. The highest BCUT2D eigenvalue weighted by Gasteiger charge is 2.31. The van der Waals surface area contributed by atoms with Crippen molar-refractivity contribution < 1.29 is 22.7 Å². The van der Waals surface area contributed by atoms with E-state index in [1.807, 2.05) is 6.92 Å². The summed E-state index contributed by atoms with van der Waals surface area (Å²) in [5.41, 5.74) is -0.582. The first-order chi connectivity index (χ1) is 14.9. The Morgan fingerprint density at radius 1 is 1.16 bits per heavy atom. The van der Waals surface area contributed by atoms with Crippen LogP contribution in [0.15, 0.2) is 29.3 Å². The van der Waals surface area contributed by atoms with Gasteiger partial charge in [0.25, 0.3) is 5.91 Å². The lowest BCUT2D eigenvalue weighted by atomic mass is 10.1. The largest absolute Gasteiger partial charge is 0.416 e. The minimum Gasteiger partial charge on any atom is -0.379 e. The number of likely N-dealkylation sites (tertiary alicyclic amines) is 1. The summed E-state index contributed by atoms with van der Waals surface area (Å²) in [5, 5.41) is 6.01. The van der Waals surface area contributed by atoms with Gasteiger partial charge >= 0.3 is 6.18 Å². The highest BCUT2D eigenvalue weighted by Crippen LogP contribution is 2.29. The van der Waals surface area contributed by atoms with E-state index in [0.29, 0.717) is 19.1 Å². The van der Waals surface area contributed by atoms with Crippen LogP contribution in [0.2, 0.25) is 0 Å². The van der Waals surface area contributed by atoms with Crippen molar-refractivity contribution in [2.45, 2.75) is 25.6 Å². The van der Waals surface area contributed by atoms with Gasteiger partial charge in [0, 0.05) is 50.9 Å². The summed E-state index contributed by atoms with van der Waals surface area (Å²) in [7, 11) is 0. The van der Waals surface area contributed by atoms with E-state index >= 15 is 0 Å². The molecule has 1 aromatic carbocycles. The number of nitrogens with one attached hydrogen (secondary N) is 2. The lowest BCUT2D eigenvalue weighted by Gasteiger charge is -2.32. The zero-order chi connectivity index (χ0) is 22.3. The summed E-state index contributed by atoms with van der Waals surface area (Å²) in [5.74, 6) is 0.407. The van der Waals surface area contributed by atoms with Crippen molar-refractivity contribution in [3.05, 3.63) is 35.4 Å². The van der Waals surface area contributed by atoms with E-state index in [9.17, 15) is 18.0 Å². The Labute approximate surface area is 203 Å². The van der Waals surface area contributed by atoms with Gasteiger partial charge in [0.1, 0.15) is 0 Å². The van der Waals surface area contributed by atoms with Crippen LogP contribution in [0.3, 0.4) is 0 Å². The SMILES string of the molecule is CCNC(=NCCNC(=O)c1ccc(C(F)(F)F)cc1)N1CCC(N2CCOCC2)C1.I. The number of benzene rings is 1. The first-order valence-corrected chi connectivity index (χ1v) is 10.7. The molecule has 2 saturated heterocycles. The molecule has 7 nitrogen and oxygen atoms in total. The van der Waals surface area contributed by atoms with E-state index in [1.165, 1.54) is 12.1 Å². The van der Waals surface area contributed by atoms with E-state index < -0.39 is 17.6 Å². The number of hydrogen-bond acceptors (Lipinski definition) is 4. The number of aliphatic imine (C=N–C) groups is 1. The van der Waals surface area contributed by atoms with Gasteiger partial charge in [0.15, 0.2) is 5.96 Å². The molecule has 0 saturated carbocycles. The number of morpholine rings is 1. The van der Waals surface area contributed by atoms with E-state index in [-0.39, 0.29) is 29.5 Å². The van der Waals surface area contributed by atoms with Crippen LogP contribution in [0.25, 0.3) is 0 Å². The van der Waals surface area contributed by atoms with Gasteiger partial charge in [-0.1, -0.05) is 0 Å². The van der Waals surface area contributed by atoms with Crippen LogP contribution in [-0.4, -0.2) is 86.7 Å². The Balaban J connectivity index is 0.00000363. The summed E-state index contributed by atoms with van der Waals surface area (Å²) in [4.78, 5) is 21.5. The molecular formula is C21H31F3IN5O2. The fourth-order valence-electron chi connectivity index (χ4n) is 3.84. The molecule has 2 N–H and O–H groups in total. The second-order valence-electron chi connectivity index (χ2n) is 7.60. The molecule has 0 radical (unpaired) electrons. The van der Waals surface area contributed by atoms with Crippen molar-refractivity contribution in [2.24, 2.45) is 4.99 Å². The molecular weight excluding hydrogens is 538 g/mol. The van der Waals surface area contributed by atoms with Gasteiger partial charge in [0.05, 0.1) is 25.3 Å². The highest BCUT2D eigenvalue weighted by molar-refractivity contribution is 14.0. The first kappa shape index (κ1) is 26.7. The third-order valence-corrected chi connectivity index (χ3v) is 5.49. The quantitative estimate of drug-likeness (QED) is 0.239. The number of alkyl halides is 3. The Bertz CT molecular complexity index is 755. The molecule has 1 amide bonds. The van der Waals surface area contributed by atoms with Crippen molar-refractivity contribution in [3.8, 4) is 0 Å². The van der Waals surface area contributed by atoms with E-state index in [2.05, 4.69) is 25.4 Å². The predicted molar refractivity (Wildman–Crippen MR) is 128 cm³/mol. The molecule has 0 aliphatic carbocycles. The van der Waals surface area contributed by atoms with Gasteiger partial charge in [-0.25, -0.2) is 0 Å². The fourth-order valence-corrected chi connectivity index (χ4v) is 3.84. The third kappa shape index (κ3) is 7.48. The summed E-state index contributed by atoms with van der Waals surface area (Å²) in [6, 6.07) is 4.68. The van der Waals surface area contributed by atoms with Gasteiger partial charge in [0.2, 0.25) is 0 Å². The zero-order valence-corrected chi connectivity index (χ0v) is 20.5. The Kier molecular flexibility index (Phi) is 10.5. The van der Waals surface area contributed by atoms with Gasteiger partial charge < -0.3 is 20.3 Å². The number of ether oxygens (including phenoxy) is 1. The molecule has 1 atom stereocenters. The molecule has 2 aliphatic rings. The van der Waals surface area contributed by atoms with Gasteiger partial charge in [-0.2, -0.15) is 13.2 Å². The lowest BCUT2D eigenvalue weighted by Crippen LogP contribution is -2.46. The molecule has 0 bridgehead atoms. The third-order valence-electron chi connectivity index (χ3n) is 5.49. The van der Waals surface area contributed by atoms with Crippen LogP contribution < -0.4 is 10.6 Å². The van der Waals surface area contributed by atoms with Crippen LogP contribution >= 0.6 is 24.0 Å². The molecule has 0 aromatic heterocycles. The molecule has 2 heterocycles. The predicted octanol–water partition coefficient (Wildman–Crippen LogP) is 2.43. The number of carbonyl (C=O) groups is 1. The number of carbonyl (C=O) groups excluding carboxylic acids is 1. The van der Waals surface area contributed by atoms with E-state index in [4.69, 9.17) is 4.74 Å². The number of rotatable bonds is 6. The number of halogens is 4. The van der Waals surface area contributed by atoms with Crippen molar-refractivity contribution in [2.75, 3.05) is 59.0 Å². The minimum atomic E-state index is -4.41.